The summed E-state index contributed by atoms with van der Waals surface area (Å²) in [7, 11) is 1.61. The predicted molar refractivity (Wildman–Crippen MR) is 122 cm³/mol. The van der Waals surface area contributed by atoms with E-state index in [1.54, 1.807) is 18.9 Å². The molecule has 0 spiro atoms. The summed E-state index contributed by atoms with van der Waals surface area (Å²) in [5.41, 5.74) is 1.89. The average Bonchev–Trinajstić information content (AvgIpc) is 3.28. The maximum absolute atomic E-state index is 13.3. The first-order valence-corrected chi connectivity index (χ1v) is 11.0. The Bertz CT molecular complexity index is 946. The van der Waals surface area contributed by atoms with E-state index >= 15 is 0 Å². The number of carbonyl (C=O) groups excluding carboxylic acids is 2. The molecule has 0 saturated carbocycles. The van der Waals surface area contributed by atoms with E-state index in [0.29, 0.717) is 24.5 Å². The molecule has 2 aromatic rings. The van der Waals surface area contributed by atoms with E-state index in [9.17, 15) is 9.59 Å². The predicted octanol–water partition coefficient (Wildman–Crippen LogP) is 3.69. The second-order valence-corrected chi connectivity index (χ2v) is 8.05. The minimum atomic E-state index is -0.598. The summed E-state index contributed by atoms with van der Waals surface area (Å²) in [6, 6.07) is 12.7. The zero-order valence-electron chi connectivity index (χ0n) is 19.2. The lowest BCUT2D eigenvalue weighted by Crippen LogP contribution is -2.49. The number of benzene rings is 2. The molecule has 1 heterocycles. The summed E-state index contributed by atoms with van der Waals surface area (Å²) in [5.74, 6) is 1.89. The maximum atomic E-state index is 13.3. The second kappa shape index (κ2) is 10.9. The minimum absolute atomic E-state index is 0.0485. The summed E-state index contributed by atoms with van der Waals surface area (Å²) >= 11 is 0. The lowest BCUT2D eigenvalue weighted by molar-refractivity contribution is -0.140. The highest BCUT2D eigenvalue weighted by molar-refractivity contribution is 5.87. The molecule has 1 aliphatic rings. The molecule has 2 atom stereocenters. The van der Waals surface area contributed by atoms with Gasteiger partial charge in [-0.1, -0.05) is 25.1 Å². The van der Waals surface area contributed by atoms with Gasteiger partial charge in [0.2, 0.25) is 18.6 Å². The maximum Gasteiger partial charge on any atom is 0.242 e. The van der Waals surface area contributed by atoms with Crippen LogP contribution in [0.3, 0.4) is 0 Å². The molecular formula is C25H32N2O5. The molecule has 0 fully saturated rings. The highest BCUT2D eigenvalue weighted by atomic mass is 16.7. The van der Waals surface area contributed by atoms with Crippen LogP contribution in [0.5, 0.6) is 17.2 Å². The van der Waals surface area contributed by atoms with Crippen LogP contribution < -0.4 is 19.5 Å². The number of aryl methyl sites for hydroxylation is 1. The van der Waals surface area contributed by atoms with Crippen LogP contribution >= 0.6 is 0 Å². The van der Waals surface area contributed by atoms with Gasteiger partial charge in [0.05, 0.1) is 7.11 Å². The van der Waals surface area contributed by atoms with Crippen molar-refractivity contribution in [2.45, 2.75) is 58.7 Å². The smallest absolute Gasteiger partial charge is 0.242 e. The molecule has 2 aromatic carbocycles. The third-order valence-electron chi connectivity index (χ3n) is 5.72. The van der Waals surface area contributed by atoms with E-state index in [4.69, 9.17) is 14.2 Å². The number of fused-ring (bicyclic) bond motifs is 1. The fraction of sp³-hybridized carbons (Fsp3) is 0.440. The van der Waals surface area contributed by atoms with Gasteiger partial charge in [0.1, 0.15) is 11.8 Å². The van der Waals surface area contributed by atoms with E-state index in [1.165, 1.54) is 0 Å². The first-order valence-electron chi connectivity index (χ1n) is 11.0. The molecule has 2 amide bonds. The summed E-state index contributed by atoms with van der Waals surface area (Å²) < 4.78 is 16.1. The number of nitrogens with one attached hydrogen (secondary N) is 1. The van der Waals surface area contributed by atoms with Crippen LogP contribution in [-0.2, 0) is 22.6 Å². The van der Waals surface area contributed by atoms with Gasteiger partial charge in [0, 0.05) is 19.0 Å². The minimum Gasteiger partial charge on any atom is -0.497 e. The standard InChI is InChI=1S/C25H32N2O5/c1-5-17(2)26-25(29)18(3)27(15-20-7-6-8-21(13-20)30-4)24(28)12-10-19-9-11-22-23(14-19)32-16-31-22/h6-9,11,13-14,17-18H,5,10,12,15-16H2,1-4H3,(H,26,29). The number of carbonyl (C=O) groups is 2. The van der Waals surface area contributed by atoms with E-state index < -0.39 is 6.04 Å². The van der Waals surface area contributed by atoms with Crippen molar-refractivity contribution in [3.05, 3.63) is 53.6 Å². The number of amides is 2. The molecular weight excluding hydrogens is 408 g/mol. The van der Waals surface area contributed by atoms with Gasteiger partial charge in [0.25, 0.3) is 0 Å². The van der Waals surface area contributed by atoms with Gasteiger partial charge in [-0.3, -0.25) is 9.59 Å². The van der Waals surface area contributed by atoms with Crippen LogP contribution in [0, 0.1) is 0 Å². The molecule has 2 unspecified atom stereocenters. The molecule has 0 saturated heterocycles. The lowest BCUT2D eigenvalue weighted by Gasteiger charge is -2.30. The third kappa shape index (κ3) is 5.93. The van der Waals surface area contributed by atoms with Crippen LogP contribution in [0.2, 0.25) is 0 Å². The fourth-order valence-electron chi connectivity index (χ4n) is 3.51. The number of rotatable bonds is 10. The third-order valence-corrected chi connectivity index (χ3v) is 5.72. The summed E-state index contributed by atoms with van der Waals surface area (Å²) in [4.78, 5) is 27.7. The Balaban J connectivity index is 1.73. The highest BCUT2D eigenvalue weighted by Gasteiger charge is 2.27. The number of ether oxygens (including phenoxy) is 3. The van der Waals surface area contributed by atoms with Crippen molar-refractivity contribution in [3.63, 3.8) is 0 Å². The topological polar surface area (TPSA) is 77.1 Å². The van der Waals surface area contributed by atoms with Gasteiger partial charge in [-0.2, -0.15) is 0 Å². The molecule has 0 aromatic heterocycles. The van der Waals surface area contributed by atoms with Gasteiger partial charge in [0.15, 0.2) is 11.5 Å². The zero-order valence-corrected chi connectivity index (χ0v) is 19.2. The number of methoxy groups -OCH3 is 1. The lowest BCUT2D eigenvalue weighted by atomic mass is 10.1. The Morgan fingerprint density at radius 1 is 1.09 bits per heavy atom. The van der Waals surface area contributed by atoms with Crippen molar-refractivity contribution in [2.75, 3.05) is 13.9 Å². The van der Waals surface area contributed by atoms with Crippen LogP contribution in [0.4, 0.5) is 0 Å². The zero-order chi connectivity index (χ0) is 23.1. The molecule has 0 bridgehead atoms. The van der Waals surface area contributed by atoms with E-state index in [0.717, 1.165) is 23.3 Å². The Hall–Kier alpha value is -3.22. The SMILES string of the molecule is CCC(C)NC(=O)C(C)N(Cc1cccc(OC)c1)C(=O)CCc1ccc2c(c1)OCO2. The van der Waals surface area contributed by atoms with Gasteiger partial charge in [-0.25, -0.2) is 0 Å². The van der Waals surface area contributed by atoms with Gasteiger partial charge in [-0.15, -0.1) is 0 Å². The molecule has 0 radical (unpaired) electrons. The first kappa shape index (κ1) is 23.4. The number of nitrogens with zero attached hydrogens (tertiary/aromatic N) is 1. The summed E-state index contributed by atoms with van der Waals surface area (Å²) in [6.45, 7) is 6.29. The Morgan fingerprint density at radius 3 is 2.62 bits per heavy atom. The molecule has 172 valence electrons. The molecule has 1 N–H and O–H groups in total. The Morgan fingerprint density at radius 2 is 1.88 bits per heavy atom. The molecule has 7 nitrogen and oxygen atoms in total. The monoisotopic (exact) mass is 440 g/mol. The van der Waals surface area contributed by atoms with Crippen molar-refractivity contribution in [3.8, 4) is 17.2 Å². The number of hydrogen-bond donors (Lipinski definition) is 1. The quantitative estimate of drug-likeness (QED) is 0.610. The van der Waals surface area contributed by atoms with E-state index in [2.05, 4.69) is 5.32 Å². The van der Waals surface area contributed by atoms with Crippen LogP contribution in [0.15, 0.2) is 42.5 Å². The first-order chi connectivity index (χ1) is 15.4. The van der Waals surface area contributed by atoms with Crippen molar-refractivity contribution in [1.29, 1.82) is 0 Å². The molecule has 3 rings (SSSR count). The van der Waals surface area contributed by atoms with Crippen molar-refractivity contribution >= 4 is 11.8 Å². The Kier molecular flexibility index (Phi) is 7.98. The van der Waals surface area contributed by atoms with E-state index in [1.807, 2.05) is 56.3 Å². The summed E-state index contributed by atoms with van der Waals surface area (Å²) in [6.07, 6.45) is 1.65. The molecule has 32 heavy (non-hydrogen) atoms. The van der Waals surface area contributed by atoms with Gasteiger partial charge >= 0.3 is 0 Å². The molecule has 1 aliphatic heterocycles. The molecule has 7 heteroatoms. The van der Waals surface area contributed by atoms with Gasteiger partial charge < -0.3 is 24.4 Å². The van der Waals surface area contributed by atoms with Crippen molar-refractivity contribution < 1.29 is 23.8 Å². The van der Waals surface area contributed by atoms with Crippen LogP contribution in [0.1, 0.15) is 44.7 Å². The summed E-state index contributed by atoms with van der Waals surface area (Å²) in [5, 5.41) is 2.99. The Labute approximate surface area is 189 Å². The van der Waals surface area contributed by atoms with Crippen molar-refractivity contribution in [1.82, 2.24) is 10.2 Å². The fourth-order valence-corrected chi connectivity index (χ4v) is 3.51. The van der Waals surface area contributed by atoms with Crippen molar-refractivity contribution in [2.24, 2.45) is 0 Å². The highest BCUT2D eigenvalue weighted by Crippen LogP contribution is 2.32. The van der Waals surface area contributed by atoms with Crippen LogP contribution in [-0.4, -0.2) is 42.7 Å². The largest absolute Gasteiger partial charge is 0.497 e. The average molecular weight is 441 g/mol. The van der Waals surface area contributed by atoms with Gasteiger partial charge in [-0.05, 0) is 62.1 Å². The van der Waals surface area contributed by atoms with E-state index in [-0.39, 0.29) is 31.1 Å². The normalized spacial score (nSPS) is 13.9. The van der Waals surface area contributed by atoms with Crippen LogP contribution in [0.25, 0.3) is 0 Å². The number of hydrogen-bond acceptors (Lipinski definition) is 5. The molecule has 0 aliphatic carbocycles. The second-order valence-electron chi connectivity index (χ2n) is 8.05.